The van der Waals surface area contributed by atoms with Gasteiger partial charge in [0.05, 0.1) is 5.69 Å². The van der Waals surface area contributed by atoms with Crippen molar-refractivity contribution in [2.45, 2.75) is 32.6 Å². The number of carbonyl (C=O) groups is 1. The van der Waals surface area contributed by atoms with E-state index in [-0.39, 0.29) is 17.3 Å². The molecule has 2 aliphatic carbocycles. The summed E-state index contributed by atoms with van der Waals surface area (Å²) in [4.78, 5) is 27.5. The molecule has 1 saturated carbocycles. The van der Waals surface area contributed by atoms with Crippen LogP contribution < -0.4 is 10.7 Å². The molecule has 5 heteroatoms. The van der Waals surface area contributed by atoms with Crippen LogP contribution in [0.2, 0.25) is 0 Å². The van der Waals surface area contributed by atoms with Crippen LogP contribution in [-0.4, -0.2) is 17.4 Å². The lowest BCUT2D eigenvalue weighted by Gasteiger charge is -2.11. The second-order valence-electron chi connectivity index (χ2n) is 5.38. The summed E-state index contributed by atoms with van der Waals surface area (Å²) in [5.41, 5.74) is 1.72. The van der Waals surface area contributed by atoms with E-state index in [0.717, 1.165) is 30.5 Å². The summed E-state index contributed by atoms with van der Waals surface area (Å²) >= 11 is 0. The molecular formula is C16H18N2O3. The average molecular weight is 286 g/mol. The van der Waals surface area contributed by atoms with E-state index in [1.54, 1.807) is 6.07 Å². The van der Waals surface area contributed by atoms with Gasteiger partial charge in [-0.2, -0.15) is 0 Å². The monoisotopic (exact) mass is 286 g/mol. The Bertz CT molecular complexity index is 688. The zero-order valence-electron chi connectivity index (χ0n) is 12.0. The van der Waals surface area contributed by atoms with Crippen molar-refractivity contribution in [1.29, 1.82) is 0 Å². The summed E-state index contributed by atoms with van der Waals surface area (Å²) in [6.07, 6.45) is 3.30. The molecule has 0 aromatic carbocycles. The van der Waals surface area contributed by atoms with Crippen molar-refractivity contribution in [3.8, 4) is 11.3 Å². The molecular weight excluding hydrogens is 268 g/mol. The van der Waals surface area contributed by atoms with E-state index in [9.17, 15) is 9.59 Å². The van der Waals surface area contributed by atoms with E-state index >= 15 is 0 Å². The Kier molecular flexibility index (Phi) is 3.73. The van der Waals surface area contributed by atoms with Crippen LogP contribution in [-0.2, 0) is 17.6 Å². The summed E-state index contributed by atoms with van der Waals surface area (Å²) < 4.78 is 5.68. The minimum Gasteiger partial charge on any atom is -0.442 e. The van der Waals surface area contributed by atoms with Gasteiger partial charge in [-0.05, 0) is 31.4 Å². The molecule has 3 rings (SSSR count). The predicted octanol–water partition coefficient (Wildman–Crippen LogP) is 1.77. The van der Waals surface area contributed by atoms with E-state index in [1.165, 1.54) is 12.1 Å². The van der Waals surface area contributed by atoms with E-state index in [1.807, 2.05) is 6.92 Å². The number of aryl methyl sites for hydroxylation is 1. The number of rotatable bonds is 5. The Morgan fingerprint density at radius 1 is 1.43 bits per heavy atom. The minimum atomic E-state index is -0.0764. The summed E-state index contributed by atoms with van der Waals surface area (Å²) in [7, 11) is 0. The van der Waals surface area contributed by atoms with Crippen LogP contribution in [0.25, 0.3) is 11.3 Å². The SMILES string of the molecule is CCc1nc(CCNC(=O)C2CC2)oc2cc(=O)ccc1-2. The zero-order valence-corrected chi connectivity index (χ0v) is 12.0. The van der Waals surface area contributed by atoms with Gasteiger partial charge in [-0.25, -0.2) is 4.98 Å². The molecule has 5 nitrogen and oxygen atoms in total. The number of hydrogen-bond acceptors (Lipinski definition) is 4. The predicted molar refractivity (Wildman–Crippen MR) is 78.2 cm³/mol. The van der Waals surface area contributed by atoms with E-state index in [0.29, 0.717) is 24.6 Å². The minimum absolute atomic E-state index is 0.0764. The molecule has 0 bridgehead atoms. The Morgan fingerprint density at radius 3 is 2.95 bits per heavy atom. The molecule has 21 heavy (non-hydrogen) atoms. The zero-order chi connectivity index (χ0) is 14.8. The van der Waals surface area contributed by atoms with Crippen LogP contribution in [0.4, 0.5) is 0 Å². The second kappa shape index (κ2) is 5.68. The number of nitrogens with zero attached hydrogens (tertiary/aromatic N) is 1. The fourth-order valence-electron chi connectivity index (χ4n) is 2.34. The van der Waals surface area contributed by atoms with Gasteiger partial charge in [0.25, 0.3) is 0 Å². The highest BCUT2D eigenvalue weighted by atomic mass is 16.3. The third-order valence-corrected chi connectivity index (χ3v) is 3.67. The van der Waals surface area contributed by atoms with Gasteiger partial charge in [0.1, 0.15) is 5.76 Å². The molecule has 0 saturated heterocycles. The van der Waals surface area contributed by atoms with Crippen molar-refractivity contribution in [3.05, 3.63) is 40.0 Å². The molecule has 1 N–H and O–H groups in total. The molecule has 1 amide bonds. The summed E-state index contributed by atoms with van der Waals surface area (Å²) in [5, 5.41) is 2.89. The van der Waals surface area contributed by atoms with Crippen molar-refractivity contribution in [2.24, 2.45) is 5.92 Å². The smallest absolute Gasteiger partial charge is 0.223 e. The second-order valence-corrected chi connectivity index (χ2v) is 5.38. The van der Waals surface area contributed by atoms with Crippen molar-refractivity contribution in [2.75, 3.05) is 6.54 Å². The summed E-state index contributed by atoms with van der Waals surface area (Å²) in [6, 6.07) is 4.77. The van der Waals surface area contributed by atoms with Gasteiger partial charge < -0.3 is 9.73 Å². The number of carbonyl (C=O) groups excluding carboxylic acids is 1. The van der Waals surface area contributed by atoms with E-state index < -0.39 is 0 Å². The Hall–Kier alpha value is -2.17. The molecule has 0 aromatic heterocycles. The first-order chi connectivity index (χ1) is 10.2. The van der Waals surface area contributed by atoms with Crippen LogP contribution in [0, 0.1) is 5.92 Å². The van der Waals surface area contributed by atoms with Gasteiger partial charge in [-0.15, -0.1) is 0 Å². The highest BCUT2D eigenvalue weighted by Gasteiger charge is 2.29. The molecule has 0 unspecified atom stereocenters. The standard InChI is InChI=1S/C16H18N2O3/c1-2-13-12-6-5-11(19)9-14(12)21-15(18-13)7-8-17-16(20)10-3-4-10/h5-6,9-10H,2-4,7-8H2,1H3,(H,17,20). The molecule has 3 aliphatic rings. The van der Waals surface area contributed by atoms with Gasteiger partial charge in [-0.3, -0.25) is 9.59 Å². The third-order valence-electron chi connectivity index (χ3n) is 3.67. The third kappa shape index (κ3) is 3.12. The highest BCUT2D eigenvalue weighted by molar-refractivity contribution is 5.80. The number of benzene rings is 1. The number of fused-ring (bicyclic) bond motifs is 1. The average Bonchev–Trinajstić information content (AvgIpc) is 3.30. The lowest BCUT2D eigenvalue weighted by Crippen LogP contribution is -2.27. The first kappa shape index (κ1) is 13.8. The molecule has 0 atom stereocenters. The summed E-state index contributed by atoms with van der Waals surface area (Å²) in [6.45, 7) is 2.53. The maximum absolute atomic E-state index is 11.6. The maximum atomic E-state index is 11.6. The van der Waals surface area contributed by atoms with Crippen LogP contribution in [0.15, 0.2) is 27.4 Å². The first-order valence-corrected chi connectivity index (χ1v) is 7.37. The largest absolute Gasteiger partial charge is 0.442 e. The Labute approximate surface area is 122 Å². The van der Waals surface area contributed by atoms with Gasteiger partial charge in [-0.1, -0.05) is 6.92 Å². The van der Waals surface area contributed by atoms with Crippen molar-refractivity contribution < 1.29 is 9.21 Å². The van der Waals surface area contributed by atoms with Crippen LogP contribution in [0.3, 0.4) is 0 Å². The van der Waals surface area contributed by atoms with Crippen molar-refractivity contribution in [1.82, 2.24) is 10.3 Å². The van der Waals surface area contributed by atoms with Crippen LogP contribution >= 0.6 is 0 Å². The molecule has 1 fully saturated rings. The highest BCUT2D eigenvalue weighted by Crippen LogP contribution is 2.28. The molecule has 0 aromatic rings. The number of amides is 1. The first-order valence-electron chi connectivity index (χ1n) is 7.37. The Morgan fingerprint density at radius 2 is 2.24 bits per heavy atom. The maximum Gasteiger partial charge on any atom is 0.223 e. The van der Waals surface area contributed by atoms with Gasteiger partial charge in [0, 0.05) is 30.5 Å². The van der Waals surface area contributed by atoms with Gasteiger partial charge in [0.2, 0.25) is 5.91 Å². The lowest BCUT2D eigenvalue weighted by atomic mass is 10.1. The van der Waals surface area contributed by atoms with E-state index in [4.69, 9.17) is 4.42 Å². The van der Waals surface area contributed by atoms with Crippen molar-refractivity contribution >= 4 is 5.91 Å². The molecule has 1 aliphatic heterocycles. The fraction of sp³-hybridized carbons (Fsp3) is 0.438. The quantitative estimate of drug-likeness (QED) is 0.909. The molecule has 0 spiro atoms. The van der Waals surface area contributed by atoms with Crippen molar-refractivity contribution in [3.63, 3.8) is 0 Å². The van der Waals surface area contributed by atoms with E-state index in [2.05, 4.69) is 10.3 Å². The fourth-order valence-corrected chi connectivity index (χ4v) is 2.34. The topological polar surface area (TPSA) is 72.2 Å². The normalized spacial score (nSPS) is 14.3. The lowest BCUT2D eigenvalue weighted by molar-refractivity contribution is -0.122. The summed E-state index contributed by atoms with van der Waals surface area (Å²) in [5.74, 6) is 1.45. The molecule has 1 heterocycles. The van der Waals surface area contributed by atoms with Gasteiger partial charge in [0.15, 0.2) is 11.3 Å². The number of aromatic nitrogens is 1. The molecule has 110 valence electrons. The van der Waals surface area contributed by atoms with Crippen LogP contribution in [0.5, 0.6) is 0 Å². The van der Waals surface area contributed by atoms with Gasteiger partial charge >= 0.3 is 0 Å². The number of hydrogen-bond donors (Lipinski definition) is 1. The molecule has 0 radical (unpaired) electrons. The van der Waals surface area contributed by atoms with Crippen LogP contribution in [0.1, 0.15) is 31.4 Å². The number of nitrogens with one attached hydrogen (secondary N) is 1. The Balaban J connectivity index is 1.76.